The van der Waals surface area contributed by atoms with E-state index in [-0.39, 0.29) is 0 Å². The number of aryl methyl sites for hydroxylation is 3. The van der Waals surface area contributed by atoms with Gasteiger partial charge in [0.05, 0.1) is 16.9 Å². The summed E-state index contributed by atoms with van der Waals surface area (Å²) < 4.78 is 1.99. The van der Waals surface area contributed by atoms with E-state index in [9.17, 15) is 0 Å². The van der Waals surface area contributed by atoms with Gasteiger partial charge in [-0.3, -0.25) is 0 Å². The molecule has 2 rings (SSSR count). The highest BCUT2D eigenvalue weighted by Crippen LogP contribution is 2.01. The van der Waals surface area contributed by atoms with Crippen LogP contribution in [0, 0.1) is 0 Å². The van der Waals surface area contributed by atoms with Gasteiger partial charge in [-0.25, -0.2) is 0 Å². The minimum Gasteiger partial charge on any atom is -0.137 e. The van der Waals surface area contributed by atoms with Crippen molar-refractivity contribution in [3.8, 4) is 0 Å². The van der Waals surface area contributed by atoms with Gasteiger partial charge in [0.25, 0.3) is 5.82 Å². The third-order valence-corrected chi connectivity index (χ3v) is 1.82. The predicted octanol–water partition coefficient (Wildman–Crippen LogP) is -0.561. The predicted molar refractivity (Wildman–Crippen MR) is 34.1 cm³/mol. The molecule has 0 spiro atoms. The van der Waals surface area contributed by atoms with Gasteiger partial charge in [-0.1, -0.05) is 0 Å². The van der Waals surface area contributed by atoms with Crippen molar-refractivity contribution in [2.75, 3.05) is 0 Å². The average Bonchev–Trinajstić information content (AvgIpc) is 2.27. The Morgan fingerprint density at radius 1 is 1.50 bits per heavy atom. The lowest BCUT2D eigenvalue weighted by molar-refractivity contribution is -0.766. The molecule has 0 unspecified atom stereocenters. The highest BCUT2D eigenvalue weighted by atomic mass is 15.6. The fraction of sp³-hybridized carbons (Fsp3) is 0.833. The number of tetrazole rings is 1. The second-order valence-electron chi connectivity index (χ2n) is 2.68. The third kappa shape index (κ3) is 0.798. The van der Waals surface area contributed by atoms with Crippen LogP contribution >= 0.6 is 0 Å². The van der Waals surface area contributed by atoms with E-state index in [1.807, 2.05) is 11.7 Å². The van der Waals surface area contributed by atoms with Crippen LogP contribution in [0.4, 0.5) is 0 Å². The lowest BCUT2D eigenvalue weighted by Gasteiger charge is -2.01. The first-order valence-corrected chi connectivity index (χ1v) is 3.66. The molecular formula is C6H11N4+. The first-order chi connectivity index (χ1) is 4.86. The standard InChI is InChI=1S/C6H11N4/c1-9-7-6-4-2-3-5-10(6)8-9/h2-5H2,1H3/q+1. The van der Waals surface area contributed by atoms with Crippen LogP contribution in [0.5, 0.6) is 0 Å². The first-order valence-electron chi connectivity index (χ1n) is 3.66. The van der Waals surface area contributed by atoms with Crippen molar-refractivity contribution in [2.45, 2.75) is 25.8 Å². The van der Waals surface area contributed by atoms with E-state index >= 15 is 0 Å². The molecule has 1 aromatic rings. The molecule has 0 saturated carbocycles. The van der Waals surface area contributed by atoms with Crippen LogP contribution in [-0.4, -0.2) is 15.1 Å². The van der Waals surface area contributed by atoms with Gasteiger partial charge in [-0.15, -0.1) is 4.68 Å². The molecule has 54 valence electrons. The van der Waals surface area contributed by atoms with Crippen molar-refractivity contribution in [3.05, 3.63) is 5.82 Å². The van der Waals surface area contributed by atoms with Gasteiger partial charge >= 0.3 is 0 Å². The lowest BCUT2D eigenvalue weighted by atomic mass is 10.2. The Balaban J connectivity index is 2.41. The van der Waals surface area contributed by atoms with Crippen LogP contribution < -0.4 is 4.68 Å². The number of fused-ring (bicyclic) bond motifs is 1. The summed E-state index contributed by atoms with van der Waals surface area (Å²) >= 11 is 0. The Kier molecular flexibility index (Phi) is 1.19. The van der Waals surface area contributed by atoms with Crippen LogP contribution in [0.2, 0.25) is 0 Å². The molecule has 10 heavy (non-hydrogen) atoms. The molecule has 0 N–H and O–H groups in total. The maximum Gasteiger partial charge on any atom is 0.298 e. The highest BCUT2D eigenvalue weighted by molar-refractivity contribution is 4.70. The molecule has 0 aromatic carbocycles. The van der Waals surface area contributed by atoms with E-state index in [4.69, 9.17) is 0 Å². The maximum atomic E-state index is 4.22. The Morgan fingerprint density at radius 3 is 3.20 bits per heavy atom. The van der Waals surface area contributed by atoms with Crippen molar-refractivity contribution in [1.82, 2.24) is 15.1 Å². The molecule has 0 bridgehead atoms. The van der Waals surface area contributed by atoms with Gasteiger partial charge in [-0.05, 0) is 17.6 Å². The zero-order valence-corrected chi connectivity index (χ0v) is 6.12. The van der Waals surface area contributed by atoms with Gasteiger partial charge in [-0.2, -0.15) is 0 Å². The fourth-order valence-corrected chi connectivity index (χ4v) is 1.34. The molecule has 0 radical (unpaired) electrons. The fourth-order valence-electron chi connectivity index (χ4n) is 1.34. The third-order valence-electron chi connectivity index (χ3n) is 1.82. The molecule has 1 aliphatic rings. The number of nitrogens with zero attached hydrogens (tertiary/aromatic N) is 4. The largest absolute Gasteiger partial charge is 0.298 e. The van der Waals surface area contributed by atoms with Gasteiger partial charge < -0.3 is 0 Å². The van der Waals surface area contributed by atoms with Crippen LogP contribution in [0.1, 0.15) is 18.7 Å². The summed E-state index contributed by atoms with van der Waals surface area (Å²) in [6, 6.07) is 0. The van der Waals surface area contributed by atoms with Crippen molar-refractivity contribution < 1.29 is 4.68 Å². The summed E-state index contributed by atoms with van der Waals surface area (Å²) in [5.41, 5.74) is 0. The highest BCUT2D eigenvalue weighted by Gasteiger charge is 2.19. The Hall–Kier alpha value is -0.930. The van der Waals surface area contributed by atoms with E-state index in [1.165, 1.54) is 12.8 Å². The van der Waals surface area contributed by atoms with Crippen LogP contribution in [0.3, 0.4) is 0 Å². The Labute approximate surface area is 59.4 Å². The number of hydrogen-bond donors (Lipinski definition) is 0. The van der Waals surface area contributed by atoms with Gasteiger partial charge in [0.2, 0.25) is 0 Å². The SMILES string of the molecule is Cn1nc2[n+](n1)CCCC2. The van der Waals surface area contributed by atoms with Crippen LogP contribution in [0.15, 0.2) is 0 Å². The average molecular weight is 139 g/mol. The van der Waals surface area contributed by atoms with Crippen molar-refractivity contribution >= 4 is 0 Å². The zero-order chi connectivity index (χ0) is 6.97. The van der Waals surface area contributed by atoms with Crippen molar-refractivity contribution in [2.24, 2.45) is 7.05 Å². The summed E-state index contributed by atoms with van der Waals surface area (Å²) in [7, 11) is 1.87. The quantitative estimate of drug-likeness (QED) is 0.451. The molecule has 4 nitrogen and oxygen atoms in total. The molecular weight excluding hydrogens is 128 g/mol. The van der Waals surface area contributed by atoms with Gasteiger partial charge in [0, 0.05) is 6.42 Å². The summed E-state index contributed by atoms with van der Waals surface area (Å²) in [4.78, 5) is 1.64. The zero-order valence-electron chi connectivity index (χ0n) is 6.12. The van der Waals surface area contributed by atoms with E-state index in [0.717, 1.165) is 18.8 Å². The van der Waals surface area contributed by atoms with Crippen LogP contribution in [-0.2, 0) is 20.0 Å². The number of hydrogen-bond acceptors (Lipinski definition) is 2. The van der Waals surface area contributed by atoms with E-state index in [0.29, 0.717) is 0 Å². The van der Waals surface area contributed by atoms with Gasteiger partial charge in [0.1, 0.15) is 7.05 Å². The molecule has 4 heteroatoms. The monoisotopic (exact) mass is 139 g/mol. The summed E-state index contributed by atoms with van der Waals surface area (Å²) in [5.74, 6) is 1.13. The van der Waals surface area contributed by atoms with Crippen molar-refractivity contribution in [1.29, 1.82) is 0 Å². The topological polar surface area (TPSA) is 34.6 Å². The smallest absolute Gasteiger partial charge is 0.137 e. The van der Waals surface area contributed by atoms with Gasteiger partial charge in [0.15, 0.2) is 0 Å². The molecule has 0 aliphatic carbocycles. The number of rotatable bonds is 0. The van der Waals surface area contributed by atoms with Crippen molar-refractivity contribution in [3.63, 3.8) is 0 Å². The van der Waals surface area contributed by atoms with E-state index in [2.05, 4.69) is 10.3 Å². The minimum atomic E-state index is 1.04. The second kappa shape index (κ2) is 2.04. The van der Waals surface area contributed by atoms with Crippen LogP contribution in [0.25, 0.3) is 0 Å². The first kappa shape index (κ1) is 5.82. The molecule has 0 saturated heterocycles. The normalized spacial score (nSPS) is 16.9. The summed E-state index contributed by atoms with van der Waals surface area (Å²) in [5, 5.41) is 8.39. The minimum absolute atomic E-state index is 1.04. The molecule has 1 aromatic heterocycles. The molecule has 0 fully saturated rings. The van der Waals surface area contributed by atoms with E-state index in [1.54, 1.807) is 4.80 Å². The van der Waals surface area contributed by atoms with E-state index < -0.39 is 0 Å². The summed E-state index contributed by atoms with van der Waals surface area (Å²) in [6.07, 6.45) is 3.60. The number of aromatic nitrogens is 4. The lowest BCUT2D eigenvalue weighted by Crippen LogP contribution is -2.42. The Morgan fingerprint density at radius 2 is 2.40 bits per heavy atom. The molecule has 1 aliphatic heterocycles. The Bertz CT molecular complexity index is 216. The molecule has 0 amide bonds. The molecule has 2 heterocycles. The maximum absolute atomic E-state index is 4.22. The second-order valence-corrected chi connectivity index (χ2v) is 2.68. The summed E-state index contributed by atoms with van der Waals surface area (Å²) in [6.45, 7) is 1.04. The molecule has 0 atom stereocenters.